The number of nitrogens with two attached hydrogens (primary N) is 1. The lowest BCUT2D eigenvalue weighted by molar-refractivity contribution is -0.161. The summed E-state index contributed by atoms with van der Waals surface area (Å²) in [4.78, 5) is 52.8. The number of carbonyl (C=O) groups excluding carboxylic acids is 4. The van der Waals surface area contributed by atoms with E-state index < -0.39 is 79.2 Å². The zero-order valence-electron chi connectivity index (χ0n) is 33.2. The molecule has 2 aromatic carbocycles. The van der Waals surface area contributed by atoms with Crippen LogP contribution in [0.4, 0.5) is 13.2 Å². The minimum Gasteiger partial charge on any atom is -0.426 e. The molecule has 0 bridgehead atoms. The average molecular weight is 793 g/mol. The highest BCUT2D eigenvalue weighted by molar-refractivity contribution is 6.43. The first kappa shape index (κ1) is 48.1. The van der Waals surface area contributed by atoms with E-state index in [4.69, 9.17) is 5.73 Å². The first-order chi connectivity index (χ1) is 26.3. The predicted molar refractivity (Wildman–Crippen MR) is 210 cm³/mol. The van der Waals surface area contributed by atoms with Crippen molar-refractivity contribution in [2.75, 3.05) is 6.54 Å². The molecule has 4 amide bonds. The number of benzene rings is 2. The van der Waals surface area contributed by atoms with E-state index in [-0.39, 0.29) is 37.3 Å². The number of aliphatic hydroxyl groups is 1. The minimum atomic E-state index is -4.82. The van der Waals surface area contributed by atoms with Gasteiger partial charge in [0.2, 0.25) is 23.6 Å². The number of nitrogens with one attached hydrogen (secondary N) is 5. The van der Waals surface area contributed by atoms with Crippen LogP contribution in [0, 0.1) is 5.92 Å². The van der Waals surface area contributed by atoms with Crippen molar-refractivity contribution < 1.29 is 47.5 Å². The average Bonchev–Trinajstić information content (AvgIpc) is 3.13. The monoisotopic (exact) mass is 792 g/mol. The molecule has 0 spiro atoms. The summed E-state index contributed by atoms with van der Waals surface area (Å²) in [6, 6.07) is 5.94. The highest BCUT2D eigenvalue weighted by Crippen LogP contribution is 2.34. The highest BCUT2D eigenvalue weighted by Gasteiger charge is 2.43. The van der Waals surface area contributed by atoms with Crippen LogP contribution in [0.1, 0.15) is 97.2 Å². The van der Waals surface area contributed by atoms with Crippen LogP contribution in [0.5, 0.6) is 0 Å². The Morgan fingerprint density at radius 2 is 1.32 bits per heavy atom. The van der Waals surface area contributed by atoms with Gasteiger partial charge >= 0.3 is 13.3 Å². The van der Waals surface area contributed by atoms with Gasteiger partial charge in [-0.15, -0.1) is 0 Å². The number of hydrogen-bond acceptors (Lipinski definition) is 9. The van der Waals surface area contributed by atoms with E-state index in [9.17, 15) is 47.5 Å². The van der Waals surface area contributed by atoms with Crippen molar-refractivity contribution in [2.24, 2.45) is 11.7 Å². The van der Waals surface area contributed by atoms with E-state index in [1.165, 1.54) is 38.5 Å². The van der Waals surface area contributed by atoms with Crippen molar-refractivity contribution in [1.29, 1.82) is 0 Å². The van der Waals surface area contributed by atoms with Gasteiger partial charge in [-0.25, -0.2) is 0 Å². The second kappa shape index (κ2) is 23.3. The van der Waals surface area contributed by atoms with Gasteiger partial charge in [0.05, 0.1) is 18.1 Å². The molecule has 2 rings (SSSR count). The van der Waals surface area contributed by atoms with Gasteiger partial charge in [0.15, 0.2) is 0 Å². The number of carbonyl (C=O) groups is 4. The maximum atomic E-state index is 14.6. The Balaban J connectivity index is 2.24. The number of halogens is 3. The van der Waals surface area contributed by atoms with Gasteiger partial charge in [0.25, 0.3) is 0 Å². The lowest BCUT2D eigenvalue weighted by Crippen LogP contribution is -2.60. The molecule has 0 aliphatic heterocycles. The summed E-state index contributed by atoms with van der Waals surface area (Å²) in [5.74, 6) is -4.57. The van der Waals surface area contributed by atoms with E-state index in [1.54, 1.807) is 26.0 Å². The standard InChI is InChI=1S/C39H60BF3N6O7/c1-7-8-11-27-13-15-28(16-14-27)29-17-19-30(20-18-29)34(39(41,42)43)47-31(12-9-10-21-44)36(52)49-33(25(5)50)38(54)45-24(4)35(51)48-32(22-23(2)3)37(53)46-26(6)40(55)56/h13-20,23-26,31-34,47,50,55-56H,7-12,21-22,44H2,1-6H3,(H,45,54)(H,46,53)(H,48,51)(H,49,52). The number of alkyl halides is 3. The molecule has 0 aromatic heterocycles. The first-order valence-electron chi connectivity index (χ1n) is 19.3. The van der Waals surface area contributed by atoms with Crippen LogP contribution < -0.4 is 32.3 Å². The topological polar surface area (TPSA) is 215 Å². The molecule has 13 nitrogen and oxygen atoms in total. The highest BCUT2D eigenvalue weighted by atomic mass is 19.4. The Bertz CT molecular complexity index is 1530. The molecule has 10 N–H and O–H groups in total. The number of rotatable bonds is 23. The van der Waals surface area contributed by atoms with E-state index >= 15 is 0 Å². The van der Waals surface area contributed by atoms with Gasteiger partial charge in [-0.3, -0.25) is 24.5 Å². The number of aryl methyl sites for hydroxylation is 1. The van der Waals surface area contributed by atoms with Crippen molar-refractivity contribution in [3.8, 4) is 11.1 Å². The number of unbranched alkanes of at least 4 members (excludes halogenated alkanes) is 2. The van der Waals surface area contributed by atoms with Gasteiger partial charge in [-0.1, -0.05) is 82.1 Å². The van der Waals surface area contributed by atoms with Gasteiger partial charge < -0.3 is 42.2 Å². The van der Waals surface area contributed by atoms with Crippen LogP contribution in [0.15, 0.2) is 48.5 Å². The summed E-state index contributed by atoms with van der Waals surface area (Å²) in [7, 11) is -1.84. The molecule has 0 saturated carbocycles. The van der Waals surface area contributed by atoms with Crippen molar-refractivity contribution >= 4 is 30.7 Å². The zero-order valence-corrected chi connectivity index (χ0v) is 33.2. The van der Waals surface area contributed by atoms with E-state index in [0.29, 0.717) is 6.42 Å². The fourth-order valence-electron chi connectivity index (χ4n) is 5.90. The van der Waals surface area contributed by atoms with E-state index in [2.05, 4.69) is 33.5 Å². The molecule has 2 aromatic rings. The van der Waals surface area contributed by atoms with Crippen LogP contribution in [0.3, 0.4) is 0 Å². The number of aliphatic hydroxyl groups excluding tert-OH is 1. The summed E-state index contributed by atoms with van der Waals surface area (Å²) in [6.07, 6.45) is -2.50. The fraction of sp³-hybridized carbons (Fsp3) is 0.590. The number of amides is 4. The molecular weight excluding hydrogens is 732 g/mol. The fourth-order valence-corrected chi connectivity index (χ4v) is 5.90. The third kappa shape index (κ3) is 15.8. The smallest absolute Gasteiger partial charge is 0.426 e. The molecule has 7 unspecified atom stereocenters. The second-order valence-corrected chi connectivity index (χ2v) is 14.8. The summed E-state index contributed by atoms with van der Waals surface area (Å²) in [5, 5.41) is 41.3. The van der Waals surface area contributed by atoms with Crippen LogP contribution in [0.2, 0.25) is 0 Å². The largest absolute Gasteiger partial charge is 0.475 e. The Labute approximate surface area is 328 Å². The van der Waals surface area contributed by atoms with Crippen LogP contribution in [-0.4, -0.2) is 94.8 Å². The van der Waals surface area contributed by atoms with Gasteiger partial charge in [-0.2, -0.15) is 13.2 Å². The van der Waals surface area contributed by atoms with Gasteiger partial charge in [0, 0.05) is 0 Å². The van der Waals surface area contributed by atoms with Crippen LogP contribution in [0.25, 0.3) is 11.1 Å². The molecule has 0 heterocycles. The molecule has 0 aliphatic rings. The molecule has 0 aliphatic carbocycles. The van der Waals surface area contributed by atoms with Crippen LogP contribution in [-0.2, 0) is 25.6 Å². The van der Waals surface area contributed by atoms with Gasteiger partial charge in [-0.05, 0) is 87.6 Å². The second-order valence-electron chi connectivity index (χ2n) is 14.8. The molecule has 56 heavy (non-hydrogen) atoms. The molecule has 0 fully saturated rings. The van der Waals surface area contributed by atoms with Crippen molar-refractivity contribution in [2.45, 2.75) is 135 Å². The Morgan fingerprint density at radius 1 is 0.750 bits per heavy atom. The normalized spacial score (nSPS) is 15.5. The van der Waals surface area contributed by atoms with Crippen molar-refractivity contribution in [3.63, 3.8) is 0 Å². The molecule has 0 radical (unpaired) electrons. The lowest BCUT2D eigenvalue weighted by atomic mass is 9.81. The van der Waals surface area contributed by atoms with E-state index in [1.807, 2.05) is 24.3 Å². The summed E-state index contributed by atoms with van der Waals surface area (Å²) >= 11 is 0. The summed E-state index contributed by atoms with van der Waals surface area (Å²) in [6.45, 7) is 9.81. The summed E-state index contributed by atoms with van der Waals surface area (Å²) in [5.41, 5.74) is 8.22. The van der Waals surface area contributed by atoms with Crippen molar-refractivity contribution in [3.05, 3.63) is 59.7 Å². The van der Waals surface area contributed by atoms with Gasteiger partial charge in [0.1, 0.15) is 24.2 Å². The molecule has 17 heteroatoms. The number of hydrogen-bond donors (Lipinski definition) is 9. The minimum absolute atomic E-state index is 0.0686. The Morgan fingerprint density at radius 3 is 1.82 bits per heavy atom. The molecule has 7 atom stereocenters. The summed E-state index contributed by atoms with van der Waals surface area (Å²) < 4.78 is 43.9. The molecule has 312 valence electrons. The quantitative estimate of drug-likeness (QED) is 0.0597. The lowest BCUT2D eigenvalue weighted by Gasteiger charge is -2.30. The Kier molecular flexibility index (Phi) is 20.0. The van der Waals surface area contributed by atoms with Crippen LogP contribution >= 0.6 is 0 Å². The van der Waals surface area contributed by atoms with Crippen molar-refractivity contribution in [1.82, 2.24) is 26.6 Å². The molecule has 0 saturated heterocycles. The maximum absolute atomic E-state index is 14.6. The third-order valence-electron chi connectivity index (χ3n) is 9.28. The zero-order chi connectivity index (χ0) is 42.2. The SMILES string of the molecule is CCCCc1ccc(-c2ccc(C(NC(CCCCN)C(=O)NC(C(=O)NC(C)C(=O)NC(CC(C)C)C(=O)NC(C)B(O)O)C(C)O)C(F)(F)F)cc2)cc1. The van der Waals surface area contributed by atoms with E-state index in [0.717, 1.165) is 30.4 Å². The third-order valence-corrected chi connectivity index (χ3v) is 9.28. The maximum Gasteiger partial charge on any atom is 0.475 e. The first-order valence-corrected chi connectivity index (χ1v) is 19.3. The molecular formula is C39H60BF3N6O7. The predicted octanol–water partition coefficient (Wildman–Crippen LogP) is 2.80. The Hall–Kier alpha value is -4.03.